The minimum atomic E-state index is 0.812. The number of unbranched alkanes of at least 4 members (excludes halogenated alkanes) is 3. The topological polar surface area (TPSA) is 21.3 Å². The van der Waals surface area contributed by atoms with Crippen LogP contribution in [0.2, 0.25) is 0 Å². The number of hydrogen-bond donors (Lipinski definition) is 1. The monoisotopic (exact) mass is 415 g/mol. The summed E-state index contributed by atoms with van der Waals surface area (Å²) in [7, 11) is 0. The Bertz CT molecular complexity index is 652. The van der Waals surface area contributed by atoms with Gasteiger partial charge in [0.05, 0.1) is 6.61 Å². The first kappa shape index (κ1) is 19.4. The molecule has 2 aromatic carbocycles. The highest BCUT2D eigenvalue weighted by Gasteiger charge is 2.19. The SMILES string of the molecule is Brc1ccc(Cc2ccccc2OCCCCCCNCC2CC2)cc1. The molecule has 1 aliphatic carbocycles. The summed E-state index contributed by atoms with van der Waals surface area (Å²) >= 11 is 3.49. The van der Waals surface area contributed by atoms with Gasteiger partial charge in [0.15, 0.2) is 0 Å². The highest BCUT2D eigenvalue weighted by Crippen LogP contribution is 2.27. The third-order valence-corrected chi connectivity index (χ3v) is 5.44. The first-order valence-electron chi connectivity index (χ1n) is 9.97. The van der Waals surface area contributed by atoms with Crippen LogP contribution >= 0.6 is 15.9 Å². The maximum absolute atomic E-state index is 6.08. The number of rotatable bonds is 12. The molecule has 1 fully saturated rings. The van der Waals surface area contributed by atoms with E-state index in [2.05, 4.69) is 69.8 Å². The van der Waals surface area contributed by atoms with E-state index in [1.165, 1.54) is 56.3 Å². The molecule has 1 aliphatic rings. The third-order valence-electron chi connectivity index (χ3n) is 4.92. The van der Waals surface area contributed by atoms with Gasteiger partial charge in [0.1, 0.15) is 5.75 Å². The number of nitrogens with one attached hydrogen (secondary N) is 1. The van der Waals surface area contributed by atoms with Crippen molar-refractivity contribution in [2.24, 2.45) is 5.92 Å². The van der Waals surface area contributed by atoms with Crippen LogP contribution in [0.25, 0.3) is 0 Å². The second-order valence-corrected chi connectivity index (χ2v) is 8.24. The van der Waals surface area contributed by atoms with E-state index < -0.39 is 0 Å². The summed E-state index contributed by atoms with van der Waals surface area (Å²) in [6, 6.07) is 16.9. The van der Waals surface area contributed by atoms with Gasteiger partial charge in [-0.3, -0.25) is 0 Å². The number of ether oxygens (including phenoxy) is 1. The maximum Gasteiger partial charge on any atom is 0.122 e. The van der Waals surface area contributed by atoms with E-state index in [-0.39, 0.29) is 0 Å². The molecular weight excluding hydrogens is 386 g/mol. The largest absolute Gasteiger partial charge is 0.493 e. The molecule has 0 radical (unpaired) electrons. The fraction of sp³-hybridized carbons (Fsp3) is 0.478. The van der Waals surface area contributed by atoms with Gasteiger partial charge in [0, 0.05) is 10.9 Å². The van der Waals surface area contributed by atoms with E-state index in [1.54, 1.807) is 0 Å². The van der Waals surface area contributed by atoms with Crippen LogP contribution in [-0.4, -0.2) is 19.7 Å². The van der Waals surface area contributed by atoms with Gasteiger partial charge in [-0.05, 0) is 74.0 Å². The van der Waals surface area contributed by atoms with Crippen molar-refractivity contribution in [3.8, 4) is 5.75 Å². The Morgan fingerprint density at radius 2 is 1.69 bits per heavy atom. The summed E-state index contributed by atoms with van der Waals surface area (Å²) in [5.41, 5.74) is 2.57. The van der Waals surface area contributed by atoms with Gasteiger partial charge in [-0.25, -0.2) is 0 Å². The molecule has 0 unspecified atom stereocenters. The molecule has 3 heteroatoms. The van der Waals surface area contributed by atoms with Gasteiger partial charge < -0.3 is 10.1 Å². The summed E-state index contributed by atoms with van der Waals surface area (Å²) in [5.74, 6) is 2.02. The molecule has 0 saturated heterocycles. The molecular formula is C23H30BrNO. The van der Waals surface area contributed by atoms with E-state index in [0.29, 0.717) is 0 Å². The Balaban J connectivity index is 1.33. The lowest BCUT2D eigenvalue weighted by atomic mass is 10.0. The molecule has 0 amide bonds. The fourth-order valence-electron chi connectivity index (χ4n) is 3.13. The molecule has 0 atom stereocenters. The van der Waals surface area contributed by atoms with Crippen LogP contribution < -0.4 is 10.1 Å². The average molecular weight is 416 g/mol. The molecule has 0 aliphatic heterocycles. The van der Waals surface area contributed by atoms with E-state index in [4.69, 9.17) is 4.74 Å². The molecule has 0 spiro atoms. The Morgan fingerprint density at radius 3 is 2.50 bits per heavy atom. The van der Waals surface area contributed by atoms with Crippen molar-refractivity contribution in [2.45, 2.75) is 44.9 Å². The number of para-hydroxylation sites is 1. The van der Waals surface area contributed by atoms with Gasteiger partial charge >= 0.3 is 0 Å². The van der Waals surface area contributed by atoms with Gasteiger partial charge in [-0.2, -0.15) is 0 Å². The third kappa shape index (κ3) is 7.13. The Morgan fingerprint density at radius 1 is 0.923 bits per heavy atom. The van der Waals surface area contributed by atoms with Crippen molar-refractivity contribution in [3.05, 3.63) is 64.1 Å². The van der Waals surface area contributed by atoms with Gasteiger partial charge in [0.2, 0.25) is 0 Å². The molecule has 1 N–H and O–H groups in total. The Kier molecular flexibility index (Phi) is 8.03. The fourth-order valence-corrected chi connectivity index (χ4v) is 3.39. The molecule has 2 nitrogen and oxygen atoms in total. The minimum Gasteiger partial charge on any atom is -0.493 e. The second kappa shape index (κ2) is 10.7. The first-order valence-corrected chi connectivity index (χ1v) is 10.8. The lowest BCUT2D eigenvalue weighted by Crippen LogP contribution is -2.17. The van der Waals surface area contributed by atoms with Gasteiger partial charge in [-0.15, -0.1) is 0 Å². The van der Waals surface area contributed by atoms with Crippen LogP contribution in [0.15, 0.2) is 53.0 Å². The van der Waals surface area contributed by atoms with Gasteiger partial charge in [-0.1, -0.05) is 59.1 Å². The lowest BCUT2D eigenvalue weighted by molar-refractivity contribution is 0.302. The summed E-state index contributed by atoms with van der Waals surface area (Å²) in [4.78, 5) is 0. The zero-order valence-electron chi connectivity index (χ0n) is 15.6. The summed E-state index contributed by atoms with van der Waals surface area (Å²) in [6.07, 6.45) is 8.75. The van der Waals surface area contributed by atoms with Crippen molar-refractivity contribution < 1.29 is 4.74 Å². The summed E-state index contributed by atoms with van der Waals surface area (Å²) in [6.45, 7) is 3.22. The second-order valence-electron chi connectivity index (χ2n) is 7.32. The Hall–Kier alpha value is -1.32. The molecule has 26 heavy (non-hydrogen) atoms. The van der Waals surface area contributed by atoms with E-state index in [9.17, 15) is 0 Å². The van der Waals surface area contributed by atoms with Crippen molar-refractivity contribution in [3.63, 3.8) is 0 Å². The smallest absolute Gasteiger partial charge is 0.122 e. The normalized spacial score (nSPS) is 13.7. The number of benzene rings is 2. The summed E-state index contributed by atoms with van der Waals surface area (Å²) in [5, 5.41) is 3.56. The van der Waals surface area contributed by atoms with Crippen molar-refractivity contribution in [1.82, 2.24) is 5.32 Å². The lowest BCUT2D eigenvalue weighted by Gasteiger charge is -2.12. The molecule has 2 aromatic rings. The highest BCUT2D eigenvalue weighted by atomic mass is 79.9. The van der Waals surface area contributed by atoms with Crippen LogP contribution in [0.3, 0.4) is 0 Å². The quantitative estimate of drug-likeness (QED) is 0.430. The zero-order valence-corrected chi connectivity index (χ0v) is 17.1. The predicted molar refractivity (Wildman–Crippen MR) is 113 cm³/mol. The molecule has 0 heterocycles. The minimum absolute atomic E-state index is 0.812. The molecule has 0 aromatic heterocycles. The van der Waals surface area contributed by atoms with Crippen LogP contribution in [-0.2, 0) is 6.42 Å². The van der Waals surface area contributed by atoms with E-state index in [1.807, 2.05) is 0 Å². The Labute approximate surface area is 166 Å². The van der Waals surface area contributed by atoms with Crippen molar-refractivity contribution in [1.29, 1.82) is 0 Å². The highest BCUT2D eigenvalue weighted by molar-refractivity contribution is 9.10. The number of hydrogen-bond acceptors (Lipinski definition) is 2. The molecule has 0 bridgehead atoms. The van der Waals surface area contributed by atoms with Crippen LogP contribution in [0, 0.1) is 5.92 Å². The van der Waals surface area contributed by atoms with Crippen molar-refractivity contribution >= 4 is 15.9 Å². The maximum atomic E-state index is 6.08. The molecule has 1 saturated carbocycles. The van der Waals surface area contributed by atoms with Crippen LogP contribution in [0.4, 0.5) is 0 Å². The van der Waals surface area contributed by atoms with Crippen LogP contribution in [0.5, 0.6) is 5.75 Å². The van der Waals surface area contributed by atoms with Crippen LogP contribution in [0.1, 0.15) is 49.7 Å². The first-order chi connectivity index (χ1) is 12.8. The number of halogens is 1. The molecule has 3 rings (SSSR count). The van der Waals surface area contributed by atoms with Gasteiger partial charge in [0.25, 0.3) is 0 Å². The van der Waals surface area contributed by atoms with E-state index >= 15 is 0 Å². The average Bonchev–Trinajstić information content (AvgIpc) is 3.48. The zero-order chi connectivity index (χ0) is 18.0. The molecule has 140 valence electrons. The standard InChI is InChI=1S/C23H30BrNO/c24-22-13-11-19(12-14-22)17-21-7-3-4-8-23(21)26-16-6-2-1-5-15-25-18-20-9-10-20/h3-4,7-8,11-14,20,25H,1-2,5-6,9-10,15-18H2. The van der Waals surface area contributed by atoms with Crippen molar-refractivity contribution in [2.75, 3.05) is 19.7 Å². The summed E-state index contributed by atoms with van der Waals surface area (Å²) < 4.78 is 7.19. The predicted octanol–water partition coefficient (Wildman–Crippen LogP) is 5.98. The van der Waals surface area contributed by atoms with E-state index in [0.717, 1.165) is 35.6 Å².